The van der Waals surface area contributed by atoms with Gasteiger partial charge in [-0.3, -0.25) is 9.59 Å². The van der Waals surface area contributed by atoms with E-state index in [0.717, 1.165) is 19.3 Å². The van der Waals surface area contributed by atoms with Crippen LogP contribution in [0.3, 0.4) is 0 Å². The largest absolute Gasteiger partial charge is 0.354 e. The molecule has 5 heteroatoms. The van der Waals surface area contributed by atoms with Crippen molar-refractivity contribution in [2.24, 2.45) is 5.92 Å². The van der Waals surface area contributed by atoms with Crippen LogP contribution in [0.1, 0.15) is 32.1 Å². The van der Waals surface area contributed by atoms with Gasteiger partial charge in [0, 0.05) is 31.1 Å². The summed E-state index contributed by atoms with van der Waals surface area (Å²) in [5, 5.41) is 9.31. The van der Waals surface area contributed by atoms with Gasteiger partial charge >= 0.3 is 0 Å². The molecule has 0 aromatic rings. The van der Waals surface area contributed by atoms with Crippen LogP contribution in [0.5, 0.6) is 0 Å². The van der Waals surface area contributed by atoms with Crippen molar-refractivity contribution in [3.63, 3.8) is 0 Å². The molecule has 4 atom stereocenters. The van der Waals surface area contributed by atoms with Gasteiger partial charge in [-0.2, -0.15) is 0 Å². The highest BCUT2D eigenvalue weighted by atomic mass is 16.2. The first kappa shape index (κ1) is 11.0. The van der Waals surface area contributed by atoms with Crippen LogP contribution in [0.15, 0.2) is 0 Å². The number of carbonyl (C=O) groups excluding carboxylic acids is 2. The topological polar surface area (TPSA) is 70.2 Å². The second-order valence-corrected chi connectivity index (χ2v) is 5.44. The fraction of sp³-hybridized carbons (Fsp3) is 0.833. The Balaban J connectivity index is 1.46. The van der Waals surface area contributed by atoms with E-state index in [-0.39, 0.29) is 23.8 Å². The molecule has 3 heterocycles. The lowest BCUT2D eigenvalue weighted by Crippen LogP contribution is -2.43. The molecule has 3 aliphatic heterocycles. The average Bonchev–Trinajstić information content (AvgIpc) is 3.01. The van der Waals surface area contributed by atoms with Crippen molar-refractivity contribution in [1.29, 1.82) is 0 Å². The molecule has 3 fully saturated rings. The first-order valence-corrected chi connectivity index (χ1v) is 6.55. The summed E-state index contributed by atoms with van der Waals surface area (Å²) in [7, 11) is 0. The molecule has 3 rings (SSSR count). The van der Waals surface area contributed by atoms with Crippen molar-refractivity contribution in [2.75, 3.05) is 6.54 Å². The lowest BCUT2D eigenvalue weighted by Gasteiger charge is -2.20. The predicted octanol–water partition coefficient (Wildman–Crippen LogP) is -0.478. The molecular formula is C12H19N3O2. The van der Waals surface area contributed by atoms with Crippen LogP contribution < -0.4 is 16.0 Å². The molecule has 0 radical (unpaired) electrons. The maximum Gasteiger partial charge on any atom is 0.224 e. The number of amides is 2. The summed E-state index contributed by atoms with van der Waals surface area (Å²) in [6.07, 6.45) is 4.76. The molecule has 2 bridgehead atoms. The molecule has 0 aromatic heterocycles. The number of rotatable bonds is 3. The molecular weight excluding hydrogens is 218 g/mol. The van der Waals surface area contributed by atoms with E-state index in [1.165, 1.54) is 6.42 Å². The predicted molar refractivity (Wildman–Crippen MR) is 62.2 cm³/mol. The normalized spacial score (nSPS) is 39.4. The minimum atomic E-state index is 0.103. The molecule has 94 valence electrons. The molecule has 4 unspecified atom stereocenters. The first-order valence-electron chi connectivity index (χ1n) is 6.55. The van der Waals surface area contributed by atoms with E-state index in [1.54, 1.807) is 0 Å². The first-order chi connectivity index (χ1) is 8.22. The fourth-order valence-corrected chi connectivity index (χ4v) is 3.30. The monoisotopic (exact) mass is 237 g/mol. The molecule has 2 amide bonds. The Morgan fingerprint density at radius 2 is 2.24 bits per heavy atom. The smallest absolute Gasteiger partial charge is 0.224 e. The number of hydrogen-bond donors (Lipinski definition) is 3. The van der Waals surface area contributed by atoms with Gasteiger partial charge in [0.1, 0.15) is 0 Å². The average molecular weight is 237 g/mol. The summed E-state index contributed by atoms with van der Waals surface area (Å²) in [5.74, 6) is 0.405. The molecule has 0 aliphatic carbocycles. The summed E-state index contributed by atoms with van der Waals surface area (Å²) in [4.78, 5) is 23.0. The lowest BCUT2D eigenvalue weighted by molar-refractivity contribution is -0.126. The Morgan fingerprint density at radius 1 is 1.35 bits per heavy atom. The molecule has 17 heavy (non-hydrogen) atoms. The molecule has 3 saturated heterocycles. The van der Waals surface area contributed by atoms with Crippen molar-refractivity contribution in [2.45, 2.75) is 50.2 Å². The standard InChI is InChI=1S/C12H19N3O2/c16-11-4-2-8(15-11)6-13-12(17)9-5-7-1-3-10(9)14-7/h7-10,14H,1-6H2,(H,13,17)(H,15,16). The zero-order valence-corrected chi connectivity index (χ0v) is 9.87. The number of fused-ring (bicyclic) bond motifs is 2. The maximum atomic E-state index is 12.0. The summed E-state index contributed by atoms with van der Waals surface area (Å²) in [6.45, 7) is 0.582. The Labute approximate surface area is 101 Å². The summed E-state index contributed by atoms with van der Waals surface area (Å²) >= 11 is 0. The van der Waals surface area contributed by atoms with Gasteiger partial charge in [-0.25, -0.2) is 0 Å². The Kier molecular flexibility index (Phi) is 2.78. The highest BCUT2D eigenvalue weighted by Crippen LogP contribution is 2.33. The molecule has 0 spiro atoms. The van der Waals surface area contributed by atoms with Gasteiger partial charge in [-0.05, 0) is 25.7 Å². The summed E-state index contributed by atoms with van der Waals surface area (Å²) in [6, 6.07) is 1.08. The van der Waals surface area contributed by atoms with E-state index >= 15 is 0 Å². The third-order valence-electron chi connectivity index (χ3n) is 4.24. The van der Waals surface area contributed by atoms with Crippen molar-refractivity contribution >= 4 is 11.8 Å². The van der Waals surface area contributed by atoms with E-state index in [1.807, 2.05) is 0 Å². The van der Waals surface area contributed by atoms with Crippen molar-refractivity contribution in [1.82, 2.24) is 16.0 Å². The van der Waals surface area contributed by atoms with Crippen LogP contribution in [-0.4, -0.2) is 36.5 Å². The van der Waals surface area contributed by atoms with Crippen molar-refractivity contribution in [3.8, 4) is 0 Å². The SMILES string of the molecule is O=C1CCC(CNC(=O)C2CC3CCC2N3)N1. The van der Waals surface area contributed by atoms with Crippen LogP contribution >= 0.6 is 0 Å². The van der Waals surface area contributed by atoms with Crippen LogP contribution in [0.2, 0.25) is 0 Å². The molecule has 3 aliphatic rings. The second kappa shape index (κ2) is 4.29. The third kappa shape index (κ3) is 2.16. The van der Waals surface area contributed by atoms with E-state index < -0.39 is 0 Å². The minimum Gasteiger partial charge on any atom is -0.354 e. The fourth-order valence-electron chi connectivity index (χ4n) is 3.30. The van der Waals surface area contributed by atoms with Gasteiger partial charge in [-0.1, -0.05) is 0 Å². The quantitative estimate of drug-likeness (QED) is 0.621. The highest BCUT2D eigenvalue weighted by molar-refractivity contribution is 5.81. The van der Waals surface area contributed by atoms with Crippen molar-refractivity contribution in [3.05, 3.63) is 0 Å². The van der Waals surface area contributed by atoms with Crippen LogP contribution in [0.4, 0.5) is 0 Å². The van der Waals surface area contributed by atoms with Crippen LogP contribution in [0.25, 0.3) is 0 Å². The molecule has 3 N–H and O–H groups in total. The molecule has 0 saturated carbocycles. The Bertz CT molecular complexity index is 345. The van der Waals surface area contributed by atoms with Crippen LogP contribution in [-0.2, 0) is 9.59 Å². The number of carbonyl (C=O) groups is 2. The zero-order chi connectivity index (χ0) is 11.8. The van der Waals surface area contributed by atoms with Gasteiger partial charge in [0.15, 0.2) is 0 Å². The van der Waals surface area contributed by atoms with E-state index in [4.69, 9.17) is 0 Å². The van der Waals surface area contributed by atoms with Gasteiger partial charge in [0.05, 0.1) is 5.92 Å². The summed E-state index contributed by atoms with van der Waals surface area (Å²) in [5.41, 5.74) is 0. The Hall–Kier alpha value is -1.10. The van der Waals surface area contributed by atoms with Gasteiger partial charge in [0.2, 0.25) is 11.8 Å². The second-order valence-electron chi connectivity index (χ2n) is 5.44. The summed E-state index contributed by atoms with van der Waals surface area (Å²) < 4.78 is 0. The maximum absolute atomic E-state index is 12.0. The van der Waals surface area contributed by atoms with E-state index in [2.05, 4.69) is 16.0 Å². The number of nitrogens with one attached hydrogen (secondary N) is 3. The van der Waals surface area contributed by atoms with Crippen LogP contribution in [0, 0.1) is 5.92 Å². The van der Waals surface area contributed by atoms with E-state index in [0.29, 0.717) is 25.0 Å². The molecule has 5 nitrogen and oxygen atoms in total. The van der Waals surface area contributed by atoms with Gasteiger partial charge in [-0.15, -0.1) is 0 Å². The Morgan fingerprint density at radius 3 is 2.82 bits per heavy atom. The lowest BCUT2D eigenvalue weighted by atomic mass is 9.88. The highest BCUT2D eigenvalue weighted by Gasteiger charge is 2.42. The zero-order valence-electron chi connectivity index (χ0n) is 9.87. The molecule has 0 aromatic carbocycles. The minimum absolute atomic E-state index is 0.103. The van der Waals surface area contributed by atoms with Gasteiger partial charge in [0.25, 0.3) is 0 Å². The number of hydrogen-bond acceptors (Lipinski definition) is 3. The third-order valence-corrected chi connectivity index (χ3v) is 4.24. The van der Waals surface area contributed by atoms with E-state index in [9.17, 15) is 9.59 Å². The van der Waals surface area contributed by atoms with Crippen molar-refractivity contribution < 1.29 is 9.59 Å². The van der Waals surface area contributed by atoms with Gasteiger partial charge < -0.3 is 16.0 Å².